The molecule has 68 heavy (non-hydrogen) atoms. The van der Waals surface area contributed by atoms with Gasteiger partial charge in [0.15, 0.2) is 0 Å². The number of benzene rings is 2. The van der Waals surface area contributed by atoms with E-state index in [2.05, 4.69) is 40.4 Å². The zero-order valence-electron chi connectivity index (χ0n) is 40.6. The van der Waals surface area contributed by atoms with E-state index < -0.39 is 59.8 Å². The zero-order valence-corrected chi connectivity index (χ0v) is 42.2. The number of primary amides is 1. The summed E-state index contributed by atoms with van der Waals surface area (Å²) in [6.07, 6.45) is 8.71. The number of carbonyl (C=O) groups excluding carboxylic acids is 6. The molecule has 2 aromatic carbocycles. The van der Waals surface area contributed by atoms with Crippen molar-refractivity contribution in [2.45, 2.75) is 141 Å². The van der Waals surface area contributed by atoms with E-state index in [9.17, 15) is 38.7 Å². The van der Waals surface area contributed by atoms with Crippen LogP contribution in [0, 0.1) is 5.92 Å². The lowest BCUT2D eigenvalue weighted by Gasteiger charge is -2.28. The van der Waals surface area contributed by atoms with Crippen LogP contribution in [-0.4, -0.2) is 126 Å². The summed E-state index contributed by atoms with van der Waals surface area (Å²) in [6.45, 7) is 9.23. The van der Waals surface area contributed by atoms with Crippen molar-refractivity contribution in [3.8, 4) is 0 Å². The lowest BCUT2D eigenvalue weighted by atomic mass is 9.97. The number of amides is 6. The molecule has 8 N–H and O–H groups in total. The highest BCUT2D eigenvalue weighted by Crippen LogP contribution is 2.13. The van der Waals surface area contributed by atoms with Gasteiger partial charge in [0.25, 0.3) is 0 Å². The van der Waals surface area contributed by atoms with Crippen molar-refractivity contribution in [2.24, 2.45) is 11.7 Å². The van der Waals surface area contributed by atoms with Crippen molar-refractivity contribution in [2.75, 3.05) is 49.4 Å². The van der Waals surface area contributed by atoms with Crippen molar-refractivity contribution >= 4 is 64.9 Å². The number of unbranched alkanes of at least 4 members (excludes halogenated alkanes) is 6. The van der Waals surface area contributed by atoms with Gasteiger partial charge in [-0.15, -0.1) is 0 Å². The lowest BCUT2D eigenvalue weighted by molar-refractivity contribution is -0.142. The fraction of sp³-hybridized carbons (Fsp3) is 0.620. The van der Waals surface area contributed by atoms with Gasteiger partial charge >= 0.3 is 5.97 Å². The van der Waals surface area contributed by atoms with Gasteiger partial charge in [0, 0.05) is 48.7 Å². The highest BCUT2D eigenvalue weighted by Gasteiger charge is 2.32. The van der Waals surface area contributed by atoms with Gasteiger partial charge in [0.2, 0.25) is 35.4 Å². The van der Waals surface area contributed by atoms with Gasteiger partial charge in [0.1, 0.15) is 30.2 Å². The van der Waals surface area contributed by atoms with Crippen LogP contribution in [0.15, 0.2) is 60.7 Å². The Hall–Kier alpha value is -4.65. The maximum Gasteiger partial charge on any atom is 0.326 e. The number of thioether (sulfide) groups is 2. The SMILES string of the molecule is CCCCCCC(=O)N[C@@H](CSCCOCCOCCSC[C@H](NC(=O)CCCCCC)C(=O)N[C@H](C(=O)N[C@@H](Cc1ccccc1)C(N)=O)[C@H](C)CC)C(=O)N[C@@H](Cc1ccccc1)C(=O)O. The molecule has 0 unspecified atom stereocenters. The number of carboxylic acids is 1. The molecule has 380 valence electrons. The molecule has 0 aromatic heterocycles. The Kier molecular flexibility index (Phi) is 31.8. The lowest BCUT2D eigenvalue weighted by Crippen LogP contribution is -2.59. The van der Waals surface area contributed by atoms with Crippen molar-refractivity contribution < 1.29 is 48.1 Å². The van der Waals surface area contributed by atoms with E-state index in [0.29, 0.717) is 57.2 Å². The van der Waals surface area contributed by atoms with E-state index in [-0.39, 0.29) is 54.9 Å². The Balaban J connectivity index is 1.88. The van der Waals surface area contributed by atoms with Gasteiger partial charge in [-0.05, 0) is 29.9 Å². The number of nitrogens with two attached hydrogens (primary N) is 1. The Labute approximate surface area is 412 Å². The van der Waals surface area contributed by atoms with Crippen LogP contribution in [0.25, 0.3) is 0 Å². The monoisotopic (exact) mass is 987 g/mol. The van der Waals surface area contributed by atoms with Crippen LogP contribution in [0.4, 0.5) is 0 Å². The normalized spacial score (nSPS) is 13.8. The van der Waals surface area contributed by atoms with E-state index >= 15 is 0 Å². The van der Waals surface area contributed by atoms with Gasteiger partial charge in [-0.3, -0.25) is 28.8 Å². The maximum atomic E-state index is 13.8. The van der Waals surface area contributed by atoms with Crippen LogP contribution in [0.1, 0.15) is 109 Å². The fourth-order valence-corrected chi connectivity index (χ4v) is 8.64. The summed E-state index contributed by atoms with van der Waals surface area (Å²) in [4.78, 5) is 90.9. The first-order valence-corrected chi connectivity index (χ1v) is 26.5. The number of aliphatic carboxylic acids is 1. The second-order valence-corrected chi connectivity index (χ2v) is 19.1. The van der Waals surface area contributed by atoms with Crippen molar-refractivity contribution in [1.29, 1.82) is 0 Å². The molecular weight excluding hydrogens is 909 g/mol. The molecule has 0 saturated carbocycles. The van der Waals surface area contributed by atoms with Crippen molar-refractivity contribution in [3.05, 3.63) is 71.8 Å². The third kappa shape index (κ3) is 26.2. The molecule has 16 nitrogen and oxygen atoms in total. The van der Waals surface area contributed by atoms with Crippen LogP contribution >= 0.6 is 23.5 Å². The van der Waals surface area contributed by atoms with Gasteiger partial charge in [-0.2, -0.15) is 23.5 Å². The van der Waals surface area contributed by atoms with E-state index in [1.165, 1.54) is 23.5 Å². The molecule has 0 radical (unpaired) electrons. The highest BCUT2D eigenvalue weighted by atomic mass is 32.2. The summed E-state index contributed by atoms with van der Waals surface area (Å²) in [5.41, 5.74) is 7.26. The van der Waals surface area contributed by atoms with Crippen molar-refractivity contribution in [3.63, 3.8) is 0 Å². The minimum Gasteiger partial charge on any atom is -0.480 e. The first-order valence-electron chi connectivity index (χ1n) is 24.2. The van der Waals surface area contributed by atoms with Crippen LogP contribution in [0.2, 0.25) is 0 Å². The van der Waals surface area contributed by atoms with E-state index in [0.717, 1.165) is 49.7 Å². The molecule has 6 amide bonds. The molecule has 2 aromatic rings. The standard InChI is InChI=1S/C50H78N6O10S2/c1-5-8-10-18-24-43(57)52-41(47(60)55-40(50(63)64)33-38-22-16-13-17-23-38)34-67-30-28-65-26-27-66-29-31-68-35-42(53-44(58)25-19-11-9-6-2)48(61)56-45(36(4)7-3)49(62)54-39(46(51)59)32-37-20-14-12-15-21-37/h12-17,20-23,36,39-42,45H,5-11,18-19,24-35H2,1-4H3,(H2,51,59)(H,52,57)(H,53,58)(H,54,62)(H,55,60)(H,56,61)(H,63,64)/t36-,39+,40+,41+,42+,45+/m1/s1. The quantitative estimate of drug-likeness (QED) is 0.0440. The van der Waals surface area contributed by atoms with Gasteiger partial charge in [0.05, 0.1) is 26.4 Å². The molecular formula is C50H78N6O10S2. The maximum absolute atomic E-state index is 13.8. The summed E-state index contributed by atoms with van der Waals surface area (Å²) in [5.74, 6) is -2.74. The largest absolute Gasteiger partial charge is 0.480 e. The number of hydrogen-bond acceptors (Lipinski definition) is 11. The predicted molar refractivity (Wildman–Crippen MR) is 270 cm³/mol. The average molecular weight is 987 g/mol. The second kappa shape index (κ2) is 36.3. The molecule has 2 rings (SSSR count). The van der Waals surface area contributed by atoms with Gasteiger partial charge in [-0.1, -0.05) is 133 Å². The number of rotatable bonds is 39. The average Bonchev–Trinajstić information content (AvgIpc) is 3.32. The Morgan fingerprint density at radius 3 is 1.43 bits per heavy atom. The van der Waals surface area contributed by atoms with Crippen LogP contribution in [0.3, 0.4) is 0 Å². The minimum atomic E-state index is -1.16. The summed E-state index contributed by atoms with van der Waals surface area (Å²) in [5, 5.41) is 23.7. The Morgan fingerprint density at radius 2 is 1.00 bits per heavy atom. The molecule has 0 aliphatic carbocycles. The molecule has 0 aliphatic heterocycles. The summed E-state index contributed by atoms with van der Waals surface area (Å²) in [7, 11) is 0. The summed E-state index contributed by atoms with van der Waals surface area (Å²) < 4.78 is 11.5. The smallest absolute Gasteiger partial charge is 0.326 e. The number of carboxylic acid groups (broad SMARTS) is 1. The molecule has 0 saturated heterocycles. The topological polar surface area (TPSA) is 244 Å². The number of hydrogen-bond donors (Lipinski definition) is 7. The predicted octanol–water partition coefficient (Wildman–Crippen LogP) is 4.95. The second-order valence-electron chi connectivity index (χ2n) is 16.9. The molecule has 0 bridgehead atoms. The summed E-state index contributed by atoms with van der Waals surface area (Å²) >= 11 is 2.83. The fourth-order valence-electron chi connectivity index (χ4n) is 6.90. The third-order valence-corrected chi connectivity index (χ3v) is 13.2. The first kappa shape index (κ1) is 59.5. The molecule has 0 spiro atoms. The Morgan fingerprint density at radius 1 is 0.559 bits per heavy atom. The molecule has 18 heteroatoms. The summed E-state index contributed by atoms with van der Waals surface area (Å²) in [6, 6.07) is 13.2. The van der Waals surface area contributed by atoms with Gasteiger partial charge < -0.3 is 46.9 Å². The van der Waals surface area contributed by atoms with E-state index in [4.69, 9.17) is 15.2 Å². The van der Waals surface area contributed by atoms with Crippen molar-refractivity contribution in [1.82, 2.24) is 26.6 Å². The van der Waals surface area contributed by atoms with Crippen LogP contribution in [0.5, 0.6) is 0 Å². The number of ether oxygens (including phenoxy) is 2. The number of nitrogens with one attached hydrogen (secondary N) is 5. The Bertz CT molecular complexity index is 1780. The molecule has 0 heterocycles. The molecule has 0 fully saturated rings. The third-order valence-electron chi connectivity index (χ3n) is 11.1. The number of carbonyl (C=O) groups is 7. The zero-order chi connectivity index (χ0) is 49.9. The van der Waals surface area contributed by atoms with Gasteiger partial charge in [-0.25, -0.2) is 4.79 Å². The minimum absolute atomic E-state index is 0.106. The first-order chi connectivity index (χ1) is 32.8. The molecule has 0 aliphatic rings. The van der Waals surface area contributed by atoms with Crippen LogP contribution in [-0.2, 0) is 55.9 Å². The van der Waals surface area contributed by atoms with Crippen LogP contribution < -0.4 is 32.3 Å². The van der Waals surface area contributed by atoms with E-state index in [1.54, 1.807) is 24.3 Å². The highest BCUT2D eigenvalue weighted by molar-refractivity contribution is 7.99. The van der Waals surface area contributed by atoms with E-state index in [1.807, 2.05) is 50.2 Å². The molecule has 6 atom stereocenters.